The molecule has 11 heavy (non-hydrogen) atoms. The Labute approximate surface area is 73.4 Å². The number of ether oxygens (including phenoxy) is 1. The Bertz CT molecular complexity index is 136. The number of hydrogen-bond donors (Lipinski definition) is 0. The second-order valence-corrected chi connectivity index (χ2v) is 3.30. The zero-order chi connectivity index (χ0) is 8.27. The lowest BCUT2D eigenvalue weighted by atomic mass is 9.98. The summed E-state index contributed by atoms with van der Waals surface area (Å²) in [5.41, 5.74) is 0. The summed E-state index contributed by atoms with van der Waals surface area (Å²) in [4.78, 5) is 0. The first-order chi connectivity index (χ1) is 5.31. The molecule has 1 nitrogen and oxygen atoms in total. The van der Waals surface area contributed by atoms with E-state index in [1.807, 2.05) is 6.08 Å². The summed E-state index contributed by atoms with van der Waals surface area (Å²) in [6.45, 7) is 5.92. The molecule has 1 rings (SSSR count). The molecule has 1 heterocycles. The Hall–Kier alpha value is -0.0100. The first-order valence-corrected chi connectivity index (χ1v) is 4.69. The van der Waals surface area contributed by atoms with Crippen molar-refractivity contribution in [1.29, 1.82) is 0 Å². The van der Waals surface area contributed by atoms with E-state index in [0.717, 1.165) is 12.8 Å². The summed E-state index contributed by atoms with van der Waals surface area (Å²) in [5.74, 6) is 1.13. The molecule has 0 unspecified atom stereocenters. The highest BCUT2D eigenvalue weighted by atomic mass is 35.5. The van der Waals surface area contributed by atoms with Crippen molar-refractivity contribution >= 4 is 11.6 Å². The maximum atomic E-state index is 5.69. The van der Waals surface area contributed by atoms with Gasteiger partial charge in [0.25, 0.3) is 0 Å². The van der Waals surface area contributed by atoms with Crippen molar-refractivity contribution in [1.82, 2.24) is 0 Å². The summed E-state index contributed by atoms with van der Waals surface area (Å²) in [6, 6.07) is 0. The molecule has 0 radical (unpaired) electrons. The summed E-state index contributed by atoms with van der Waals surface area (Å²) >= 11 is 5.69. The first kappa shape index (κ1) is 9.08. The van der Waals surface area contributed by atoms with E-state index in [1.54, 1.807) is 0 Å². The van der Waals surface area contributed by atoms with Crippen LogP contribution in [0.3, 0.4) is 0 Å². The number of rotatable bonds is 3. The molecular formula is C9H15ClO. The minimum absolute atomic E-state index is 0.254. The van der Waals surface area contributed by atoms with Crippen LogP contribution in [0.1, 0.15) is 19.8 Å². The molecule has 0 aromatic rings. The zero-order valence-electron chi connectivity index (χ0n) is 6.92. The number of alkyl halides is 1. The van der Waals surface area contributed by atoms with Gasteiger partial charge in [-0.15, -0.1) is 18.2 Å². The minimum Gasteiger partial charge on any atom is -0.373 e. The SMILES string of the molecule is C=C[C@H]1C[C@@H](CCl)O[C@H]1CC. The van der Waals surface area contributed by atoms with Crippen molar-refractivity contribution in [2.75, 3.05) is 5.88 Å². The van der Waals surface area contributed by atoms with Crippen LogP contribution in [-0.4, -0.2) is 18.1 Å². The van der Waals surface area contributed by atoms with Gasteiger partial charge >= 0.3 is 0 Å². The van der Waals surface area contributed by atoms with Gasteiger partial charge in [0.2, 0.25) is 0 Å². The topological polar surface area (TPSA) is 9.23 Å². The fourth-order valence-electron chi connectivity index (χ4n) is 1.61. The Balaban J connectivity index is 2.47. The molecule has 1 aliphatic rings. The average Bonchev–Trinajstić information content (AvgIpc) is 2.46. The summed E-state index contributed by atoms with van der Waals surface area (Å²) in [7, 11) is 0. The van der Waals surface area contributed by atoms with Crippen molar-refractivity contribution < 1.29 is 4.74 Å². The molecule has 0 bridgehead atoms. The third-order valence-electron chi connectivity index (χ3n) is 2.26. The third kappa shape index (κ3) is 1.97. The third-order valence-corrected chi connectivity index (χ3v) is 2.60. The van der Waals surface area contributed by atoms with Crippen LogP contribution >= 0.6 is 11.6 Å². The van der Waals surface area contributed by atoms with Gasteiger partial charge in [-0.05, 0) is 12.8 Å². The van der Waals surface area contributed by atoms with Crippen LogP contribution in [-0.2, 0) is 4.74 Å². The van der Waals surface area contributed by atoms with Gasteiger partial charge in [-0.1, -0.05) is 13.0 Å². The summed E-state index contributed by atoms with van der Waals surface area (Å²) < 4.78 is 5.66. The molecule has 0 aromatic heterocycles. The van der Waals surface area contributed by atoms with Crippen LogP contribution in [0.25, 0.3) is 0 Å². The Morgan fingerprint density at radius 1 is 1.73 bits per heavy atom. The van der Waals surface area contributed by atoms with Gasteiger partial charge < -0.3 is 4.74 Å². The maximum Gasteiger partial charge on any atom is 0.0721 e. The van der Waals surface area contributed by atoms with Gasteiger partial charge in [-0.2, -0.15) is 0 Å². The van der Waals surface area contributed by atoms with Crippen molar-refractivity contribution in [2.45, 2.75) is 32.0 Å². The Kier molecular flexibility index (Phi) is 3.41. The van der Waals surface area contributed by atoms with Gasteiger partial charge in [-0.3, -0.25) is 0 Å². The van der Waals surface area contributed by atoms with E-state index >= 15 is 0 Å². The van der Waals surface area contributed by atoms with E-state index in [0.29, 0.717) is 17.9 Å². The van der Waals surface area contributed by atoms with E-state index in [9.17, 15) is 0 Å². The van der Waals surface area contributed by atoms with E-state index < -0.39 is 0 Å². The summed E-state index contributed by atoms with van der Waals surface area (Å²) in [5, 5.41) is 0. The van der Waals surface area contributed by atoms with Crippen LogP contribution in [0.2, 0.25) is 0 Å². The lowest BCUT2D eigenvalue weighted by Gasteiger charge is -2.11. The highest BCUT2D eigenvalue weighted by Crippen LogP contribution is 2.29. The van der Waals surface area contributed by atoms with Crippen LogP contribution in [0.5, 0.6) is 0 Å². The quantitative estimate of drug-likeness (QED) is 0.472. The molecule has 3 atom stereocenters. The predicted molar refractivity (Wildman–Crippen MR) is 48.0 cm³/mol. The van der Waals surface area contributed by atoms with Crippen LogP contribution in [0.15, 0.2) is 12.7 Å². The Morgan fingerprint density at radius 2 is 2.45 bits per heavy atom. The van der Waals surface area contributed by atoms with Gasteiger partial charge in [-0.25, -0.2) is 0 Å². The van der Waals surface area contributed by atoms with Gasteiger partial charge in [0.05, 0.1) is 12.2 Å². The molecule has 64 valence electrons. The van der Waals surface area contributed by atoms with E-state index in [2.05, 4.69) is 13.5 Å². The molecule has 0 aliphatic carbocycles. The van der Waals surface area contributed by atoms with Crippen molar-refractivity contribution in [3.8, 4) is 0 Å². The maximum absolute atomic E-state index is 5.69. The lowest BCUT2D eigenvalue weighted by molar-refractivity contribution is 0.0484. The van der Waals surface area contributed by atoms with E-state index in [-0.39, 0.29) is 6.10 Å². The molecular weight excluding hydrogens is 160 g/mol. The highest BCUT2D eigenvalue weighted by molar-refractivity contribution is 6.18. The van der Waals surface area contributed by atoms with Gasteiger partial charge in [0, 0.05) is 11.8 Å². The van der Waals surface area contributed by atoms with Gasteiger partial charge in [0.15, 0.2) is 0 Å². The fourth-order valence-corrected chi connectivity index (χ4v) is 1.80. The second-order valence-electron chi connectivity index (χ2n) is 2.99. The minimum atomic E-state index is 0.254. The molecule has 0 saturated carbocycles. The second kappa shape index (κ2) is 4.13. The molecule has 0 aromatic carbocycles. The number of halogens is 1. The van der Waals surface area contributed by atoms with Crippen LogP contribution < -0.4 is 0 Å². The molecule has 0 amide bonds. The number of hydrogen-bond acceptors (Lipinski definition) is 1. The standard InChI is InChI=1S/C9H15ClO/c1-3-7-5-8(6-10)11-9(7)4-2/h3,7-9H,1,4-6H2,2H3/t7-,8-,9-/m0/s1. The summed E-state index contributed by atoms with van der Waals surface area (Å²) in [6.07, 6.45) is 4.71. The average molecular weight is 175 g/mol. The highest BCUT2D eigenvalue weighted by Gasteiger charge is 2.30. The smallest absolute Gasteiger partial charge is 0.0721 e. The Morgan fingerprint density at radius 3 is 2.82 bits per heavy atom. The molecule has 1 aliphatic heterocycles. The largest absolute Gasteiger partial charge is 0.373 e. The van der Waals surface area contributed by atoms with Crippen molar-refractivity contribution in [3.05, 3.63) is 12.7 Å². The molecule has 2 heteroatoms. The zero-order valence-corrected chi connectivity index (χ0v) is 7.68. The molecule has 1 fully saturated rings. The van der Waals surface area contributed by atoms with Crippen LogP contribution in [0.4, 0.5) is 0 Å². The molecule has 0 N–H and O–H groups in total. The van der Waals surface area contributed by atoms with E-state index in [1.165, 1.54) is 0 Å². The molecule has 1 saturated heterocycles. The fraction of sp³-hybridized carbons (Fsp3) is 0.778. The monoisotopic (exact) mass is 174 g/mol. The van der Waals surface area contributed by atoms with Crippen molar-refractivity contribution in [2.24, 2.45) is 5.92 Å². The van der Waals surface area contributed by atoms with E-state index in [4.69, 9.17) is 16.3 Å². The predicted octanol–water partition coefficient (Wildman–Crippen LogP) is 2.59. The normalized spacial score (nSPS) is 37.5. The molecule has 0 spiro atoms. The van der Waals surface area contributed by atoms with Gasteiger partial charge in [0.1, 0.15) is 0 Å². The first-order valence-electron chi connectivity index (χ1n) is 4.15. The van der Waals surface area contributed by atoms with Crippen LogP contribution in [0, 0.1) is 5.92 Å². The lowest BCUT2D eigenvalue weighted by Crippen LogP contribution is -2.13. The van der Waals surface area contributed by atoms with Crippen molar-refractivity contribution in [3.63, 3.8) is 0 Å².